The maximum Gasteiger partial charge on any atom is 0.269 e. The average molecular weight is 396 g/mol. The number of amides is 1. The van der Waals surface area contributed by atoms with Crippen LogP contribution in [0.1, 0.15) is 46.6 Å². The summed E-state index contributed by atoms with van der Waals surface area (Å²) in [6.07, 6.45) is 0. The van der Waals surface area contributed by atoms with Gasteiger partial charge >= 0.3 is 0 Å². The van der Waals surface area contributed by atoms with Crippen molar-refractivity contribution in [2.75, 3.05) is 19.6 Å². The highest BCUT2D eigenvalue weighted by Crippen LogP contribution is 2.38. The van der Waals surface area contributed by atoms with Gasteiger partial charge in [0.15, 0.2) is 0 Å². The number of nitro groups is 1. The number of nitrogens with one attached hydrogen (secondary N) is 1. The fraction of sp³-hybridized carbons (Fsp3) is 0.389. The third-order valence-corrected chi connectivity index (χ3v) is 5.82. The maximum absolute atomic E-state index is 12.2. The Balaban J connectivity index is 0.00000243. The van der Waals surface area contributed by atoms with Crippen LogP contribution in [-0.4, -0.2) is 35.4 Å². The summed E-state index contributed by atoms with van der Waals surface area (Å²) in [5.41, 5.74) is 1.87. The van der Waals surface area contributed by atoms with E-state index in [2.05, 4.69) is 35.5 Å². The number of fused-ring (bicyclic) bond motifs is 1. The van der Waals surface area contributed by atoms with Crippen molar-refractivity contribution in [3.63, 3.8) is 0 Å². The van der Waals surface area contributed by atoms with Crippen molar-refractivity contribution in [3.05, 3.63) is 61.8 Å². The number of halogens is 1. The van der Waals surface area contributed by atoms with Crippen molar-refractivity contribution in [2.24, 2.45) is 0 Å². The van der Waals surface area contributed by atoms with Crippen LogP contribution >= 0.6 is 23.7 Å². The first-order valence-corrected chi connectivity index (χ1v) is 9.19. The van der Waals surface area contributed by atoms with Gasteiger partial charge < -0.3 is 5.32 Å². The normalized spacial score (nSPS) is 19.3. The molecule has 1 aromatic heterocycles. The summed E-state index contributed by atoms with van der Waals surface area (Å²) in [5.74, 6) is 0.298. The fourth-order valence-corrected chi connectivity index (χ4v) is 4.40. The number of carbonyl (C=O) groups is 1. The molecule has 0 spiro atoms. The monoisotopic (exact) mass is 395 g/mol. The third-order valence-electron chi connectivity index (χ3n) is 4.72. The molecule has 1 aromatic carbocycles. The van der Waals surface area contributed by atoms with Crippen molar-refractivity contribution in [1.82, 2.24) is 10.2 Å². The van der Waals surface area contributed by atoms with Crippen molar-refractivity contribution in [3.8, 4) is 0 Å². The molecule has 8 heteroatoms. The van der Waals surface area contributed by atoms with Gasteiger partial charge in [-0.2, -0.15) is 0 Å². The fourth-order valence-electron chi connectivity index (χ4n) is 3.29. The molecule has 3 rings (SSSR count). The second kappa shape index (κ2) is 8.62. The SMILES string of the molecule is C[C@@H]1c2sccc2[C@@H](C)CN1CCNC(=O)c1ccc([N+](=O)[O-])cc1.Cl. The van der Waals surface area contributed by atoms with E-state index in [-0.39, 0.29) is 24.0 Å². The van der Waals surface area contributed by atoms with Crippen molar-refractivity contribution < 1.29 is 9.72 Å². The molecule has 0 saturated heterocycles. The highest BCUT2D eigenvalue weighted by atomic mass is 35.5. The zero-order valence-electron chi connectivity index (χ0n) is 14.7. The van der Waals surface area contributed by atoms with Gasteiger partial charge in [0.05, 0.1) is 4.92 Å². The van der Waals surface area contributed by atoms with Crippen LogP contribution in [0.25, 0.3) is 0 Å². The molecule has 26 heavy (non-hydrogen) atoms. The summed E-state index contributed by atoms with van der Waals surface area (Å²) in [4.78, 5) is 26.2. The smallest absolute Gasteiger partial charge is 0.269 e. The van der Waals surface area contributed by atoms with E-state index in [1.807, 2.05) is 0 Å². The molecule has 1 aliphatic heterocycles. The standard InChI is InChI=1S/C18H21N3O3S.ClH/c1-12-11-20(13(2)17-16(12)7-10-25-17)9-8-19-18(22)14-3-5-15(6-4-14)21(23)24;/h3-7,10,12-13H,8-9,11H2,1-2H3,(H,19,22);1H/t12-,13+;/m0./s1. The highest BCUT2D eigenvalue weighted by Gasteiger charge is 2.28. The first kappa shape index (κ1) is 20.4. The van der Waals surface area contributed by atoms with Crippen LogP contribution in [0.4, 0.5) is 5.69 Å². The Labute approximate surface area is 162 Å². The van der Waals surface area contributed by atoms with Gasteiger partial charge in [-0.15, -0.1) is 23.7 Å². The minimum atomic E-state index is -0.473. The number of carbonyl (C=O) groups excluding carboxylic acids is 1. The van der Waals surface area contributed by atoms with Gasteiger partial charge in [-0.25, -0.2) is 0 Å². The number of rotatable bonds is 5. The molecule has 0 fully saturated rings. The number of hydrogen-bond donors (Lipinski definition) is 1. The van der Waals surface area contributed by atoms with Crippen LogP contribution in [0.15, 0.2) is 35.7 Å². The lowest BCUT2D eigenvalue weighted by molar-refractivity contribution is -0.384. The molecule has 2 aromatic rings. The van der Waals surface area contributed by atoms with Crippen LogP contribution in [0, 0.1) is 10.1 Å². The van der Waals surface area contributed by atoms with E-state index in [0.29, 0.717) is 24.1 Å². The summed E-state index contributed by atoms with van der Waals surface area (Å²) in [5, 5.41) is 15.7. The summed E-state index contributed by atoms with van der Waals surface area (Å²) >= 11 is 1.80. The molecule has 0 unspecified atom stereocenters. The quantitative estimate of drug-likeness (QED) is 0.613. The molecule has 1 amide bonds. The number of benzene rings is 1. The second-order valence-electron chi connectivity index (χ2n) is 6.37. The van der Waals surface area contributed by atoms with Crippen LogP contribution in [-0.2, 0) is 0 Å². The predicted molar refractivity (Wildman–Crippen MR) is 105 cm³/mol. The van der Waals surface area contributed by atoms with Crippen molar-refractivity contribution >= 4 is 35.3 Å². The minimum Gasteiger partial charge on any atom is -0.351 e. The molecule has 0 saturated carbocycles. The van der Waals surface area contributed by atoms with Gasteiger partial charge in [-0.1, -0.05) is 6.92 Å². The molecule has 0 aliphatic carbocycles. The lowest BCUT2D eigenvalue weighted by Gasteiger charge is -2.36. The number of thiophene rings is 1. The molecule has 6 nitrogen and oxygen atoms in total. The van der Waals surface area contributed by atoms with E-state index in [9.17, 15) is 14.9 Å². The summed E-state index contributed by atoms with van der Waals surface area (Å²) < 4.78 is 0. The minimum absolute atomic E-state index is 0. The average Bonchev–Trinajstić information content (AvgIpc) is 3.09. The van der Waals surface area contributed by atoms with E-state index < -0.39 is 4.92 Å². The van der Waals surface area contributed by atoms with Crippen molar-refractivity contribution in [1.29, 1.82) is 0 Å². The molecular weight excluding hydrogens is 374 g/mol. The number of nitrogens with zero attached hydrogens (tertiary/aromatic N) is 2. The Morgan fingerprint density at radius 3 is 2.65 bits per heavy atom. The van der Waals surface area contributed by atoms with Crippen LogP contribution in [0.3, 0.4) is 0 Å². The molecule has 0 radical (unpaired) electrons. The van der Waals surface area contributed by atoms with Gasteiger partial charge in [-0.3, -0.25) is 19.8 Å². The zero-order valence-corrected chi connectivity index (χ0v) is 16.3. The number of non-ortho nitro benzene ring substituents is 1. The van der Waals surface area contributed by atoms with E-state index in [1.54, 1.807) is 11.3 Å². The van der Waals surface area contributed by atoms with E-state index >= 15 is 0 Å². The first-order chi connectivity index (χ1) is 12.0. The number of hydrogen-bond acceptors (Lipinski definition) is 5. The van der Waals surface area contributed by atoms with E-state index in [1.165, 1.54) is 34.7 Å². The van der Waals surface area contributed by atoms with Gasteiger partial charge in [0.1, 0.15) is 0 Å². The topological polar surface area (TPSA) is 75.5 Å². The highest BCUT2D eigenvalue weighted by molar-refractivity contribution is 7.10. The largest absolute Gasteiger partial charge is 0.351 e. The van der Waals surface area contributed by atoms with Crippen LogP contribution in [0.5, 0.6) is 0 Å². The van der Waals surface area contributed by atoms with Gasteiger partial charge in [-0.05, 0) is 42.0 Å². The second-order valence-corrected chi connectivity index (χ2v) is 7.32. The summed E-state index contributed by atoms with van der Waals surface area (Å²) in [7, 11) is 0. The Hall–Kier alpha value is -1.96. The van der Waals surface area contributed by atoms with Gasteiger partial charge in [0.2, 0.25) is 0 Å². The Morgan fingerprint density at radius 1 is 1.31 bits per heavy atom. The van der Waals surface area contributed by atoms with E-state index in [0.717, 1.165) is 13.1 Å². The third kappa shape index (κ3) is 4.23. The summed E-state index contributed by atoms with van der Waals surface area (Å²) in [6, 6.07) is 8.24. The molecule has 2 atom stereocenters. The lowest BCUT2D eigenvalue weighted by atomic mass is 9.93. The van der Waals surface area contributed by atoms with Gasteiger partial charge in [0, 0.05) is 48.2 Å². The lowest BCUT2D eigenvalue weighted by Crippen LogP contribution is -2.40. The Bertz CT molecular complexity index is 778. The van der Waals surface area contributed by atoms with Gasteiger partial charge in [0.25, 0.3) is 11.6 Å². The molecule has 0 bridgehead atoms. The molecule has 1 aliphatic rings. The first-order valence-electron chi connectivity index (χ1n) is 8.31. The molecule has 140 valence electrons. The van der Waals surface area contributed by atoms with Crippen molar-refractivity contribution in [2.45, 2.75) is 25.8 Å². The molecular formula is C18H22ClN3O3S. The van der Waals surface area contributed by atoms with Crippen LogP contribution in [0.2, 0.25) is 0 Å². The maximum atomic E-state index is 12.2. The zero-order chi connectivity index (χ0) is 18.0. The Morgan fingerprint density at radius 2 is 2.00 bits per heavy atom. The predicted octanol–water partition coefficient (Wildman–Crippen LogP) is 3.99. The van der Waals surface area contributed by atoms with Crippen LogP contribution < -0.4 is 5.32 Å². The Kier molecular flexibility index (Phi) is 6.75. The van der Waals surface area contributed by atoms with E-state index in [4.69, 9.17) is 0 Å². The number of nitro benzene ring substituents is 1. The molecule has 1 N–H and O–H groups in total. The molecule has 2 heterocycles. The summed E-state index contributed by atoms with van der Waals surface area (Å²) in [6.45, 7) is 6.76.